The summed E-state index contributed by atoms with van der Waals surface area (Å²) in [5, 5.41) is 0. The van der Waals surface area contributed by atoms with Crippen molar-refractivity contribution in [3.05, 3.63) is 18.2 Å². The Bertz CT molecular complexity index is 568. The Hall–Kier alpha value is -0.920. The maximum absolute atomic E-state index is 12.0. The highest BCUT2D eigenvalue weighted by Gasteiger charge is 2.43. The zero-order valence-corrected chi connectivity index (χ0v) is 11.8. The van der Waals surface area contributed by atoms with Crippen LogP contribution in [0.25, 0.3) is 0 Å². The summed E-state index contributed by atoms with van der Waals surface area (Å²) in [6, 6.07) is 0. The summed E-state index contributed by atoms with van der Waals surface area (Å²) in [6.45, 7) is 2.79. The highest BCUT2D eigenvalue weighted by molar-refractivity contribution is 7.91. The van der Waals surface area contributed by atoms with Crippen LogP contribution in [0.3, 0.4) is 0 Å². The molecule has 1 aromatic rings. The molecule has 0 bridgehead atoms. The molecular weight excluding hydrogens is 264 g/mol. The van der Waals surface area contributed by atoms with Gasteiger partial charge in [0.15, 0.2) is 9.84 Å². The lowest BCUT2D eigenvalue weighted by Gasteiger charge is -2.46. The lowest BCUT2D eigenvalue weighted by Crippen LogP contribution is -2.61. The van der Waals surface area contributed by atoms with Crippen molar-refractivity contribution >= 4 is 9.84 Å². The Morgan fingerprint density at radius 1 is 1.42 bits per heavy atom. The van der Waals surface area contributed by atoms with E-state index in [0.29, 0.717) is 25.3 Å². The molecule has 106 valence electrons. The first kappa shape index (κ1) is 13.1. The van der Waals surface area contributed by atoms with Crippen LogP contribution in [0.1, 0.15) is 18.7 Å². The van der Waals surface area contributed by atoms with Gasteiger partial charge in [0.25, 0.3) is 0 Å². The smallest absolute Gasteiger partial charge is 0.152 e. The van der Waals surface area contributed by atoms with Crippen molar-refractivity contribution < 1.29 is 8.42 Å². The van der Waals surface area contributed by atoms with Crippen LogP contribution in [0.4, 0.5) is 0 Å². The van der Waals surface area contributed by atoms with Gasteiger partial charge < -0.3 is 10.3 Å². The number of aromatic nitrogens is 2. The Labute approximate surface area is 113 Å². The van der Waals surface area contributed by atoms with Crippen molar-refractivity contribution in [1.29, 1.82) is 0 Å². The van der Waals surface area contributed by atoms with Crippen molar-refractivity contribution in [3.63, 3.8) is 0 Å². The van der Waals surface area contributed by atoms with E-state index in [9.17, 15) is 8.42 Å². The summed E-state index contributed by atoms with van der Waals surface area (Å²) in [6.07, 6.45) is 5.35. The van der Waals surface area contributed by atoms with Gasteiger partial charge in [-0.25, -0.2) is 13.4 Å². The molecule has 1 saturated heterocycles. The number of hydrogen-bond donors (Lipinski definition) is 1. The van der Waals surface area contributed by atoms with E-state index in [-0.39, 0.29) is 5.75 Å². The third kappa shape index (κ3) is 2.30. The molecule has 1 atom stereocenters. The summed E-state index contributed by atoms with van der Waals surface area (Å²) in [4.78, 5) is 6.56. The molecule has 0 aromatic carbocycles. The number of fused-ring (bicyclic) bond motifs is 1. The zero-order chi connectivity index (χ0) is 13.5. The van der Waals surface area contributed by atoms with Gasteiger partial charge in [-0.05, 0) is 12.8 Å². The first-order valence-corrected chi connectivity index (χ1v) is 8.52. The number of nitrogens with zero attached hydrogens (tertiary/aromatic N) is 3. The highest BCUT2D eigenvalue weighted by atomic mass is 32.2. The number of sulfone groups is 1. The van der Waals surface area contributed by atoms with E-state index in [0.717, 1.165) is 25.3 Å². The second-order valence-corrected chi connectivity index (χ2v) is 7.77. The summed E-state index contributed by atoms with van der Waals surface area (Å²) < 4.78 is 26.0. The molecule has 1 aromatic heterocycles. The number of nitrogens with two attached hydrogens (primary N) is 1. The maximum atomic E-state index is 12.0. The summed E-state index contributed by atoms with van der Waals surface area (Å²) >= 11 is 0. The van der Waals surface area contributed by atoms with E-state index in [1.165, 1.54) is 0 Å². The normalized spacial score (nSPS) is 31.0. The topological polar surface area (TPSA) is 81.2 Å². The van der Waals surface area contributed by atoms with E-state index in [2.05, 4.69) is 14.5 Å². The summed E-state index contributed by atoms with van der Waals surface area (Å²) in [7, 11) is -2.96. The van der Waals surface area contributed by atoms with E-state index < -0.39 is 15.4 Å². The predicted octanol–water partition coefficient (Wildman–Crippen LogP) is -0.395. The van der Waals surface area contributed by atoms with Gasteiger partial charge in [0.2, 0.25) is 0 Å². The SMILES string of the molecule is NCC1(N2CCn3ccnc3C2)CCCS(=O)(=O)C1. The highest BCUT2D eigenvalue weighted by Crippen LogP contribution is 2.31. The maximum Gasteiger partial charge on any atom is 0.152 e. The second-order valence-electron chi connectivity index (χ2n) is 5.58. The van der Waals surface area contributed by atoms with Crippen molar-refractivity contribution in [3.8, 4) is 0 Å². The predicted molar refractivity (Wildman–Crippen MR) is 72.3 cm³/mol. The number of imidazole rings is 1. The van der Waals surface area contributed by atoms with E-state index in [1.54, 1.807) is 6.20 Å². The minimum atomic E-state index is -2.96. The average Bonchev–Trinajstić information content (AvgIpc) is 2.84. The van der Waals surface area contributed by atoms with Gasteiger partial charge in [0, 0.05) is 37.6 Å². The van der Waals surface area contributed by atoms with Crippen LogP contribution in [-0.4, -0.2) is 53.0 Å². The van der Waals surface area contributed by atoms with Gasteiger partial charge in [-0.1, -0.05) is 0 Å². The molecule has 1 unspecified atom stereocenters. The van der Waals surface area contributed by atoms with Gasteiger partial charge in [-0.3, -0.25) is 4.90 Å². The molecule has 0 amide bonds. The van der Waals surface area contributed by atoms with Crippen molar-refractivity contribution in [2.45, 2.75) is 31.5 Å². The molecule has 3 heterocycles. The Morgan fingerprint density at radius 2 is 2.26 bits per heavy atom. The van der Waals surface area contributed by atoms with E-state index in [4.69, 9.17) is 5.73 Å². The average molecular weight is 284 g/mol. The standard InChI is InChI=1S/C12H20N4O2S/c13-9-12(2-1-7-19(17,18)10-12)16-6-5-15-4-3-14-11(15)8-16/h3-4H,1-2,5-10,13H2. The number of rotatable bonds is 2. The molecular formula is C12H20N4O2S. The molecule has 0 saturated carbocycles. The van der Waals surface area contributed by atoms with Gasteiger partial charge in [0.05, 0.1) is 18.1 Å². The number of hydrogen-bond acceptors (Lipinski definition) is 5. The molecule has 6 nitrogen and oxygen atoms in total. The van der Waals surface area contributed by atoms with Crippen LogP contribution in [0.2, 0.25) is 0 Å². The Morgan fingerprint density at radius 3 is 3.00 bits per heavy atom. The first-order valence-electron chi connectivity index (χ1n) is 6.70. The van der Waals surface area contributed by atoms with Gasteiger partial charge in [-0.2, -0.15) is 0 Å². The molecule has 19 heavy (non-hydrogen) atoms. The lowest BCUT2D eigenvalue weighted by atomic mass is 9.92. The summed E-state index contributed by atoms with van der Waals surface area (Å²) in [5.41, 5.74) is 5.56. The minimum Gasteiger partial charge on any atom is -0.333 e. The van der Waals surface area contributed by atoms with Crippen molar-refractivity contribution in [1.82, 2.24) is 14.5 Å². The van der Waals surface area contributed by atoms with E-state index in [1.807, 2.05) is 6.20 Å². The Balaban J connectivity index is 1.87. The minimum absolute atomic E-state index is 0.192. The van der Waals surface area contributed by atoms with E-state index >= 15 is 0 Å². The third-order valence-electron chi connectivity index (χ3n) is 4.38. The van der Waals surface area contributed by atoms with Crippen molar-refractivity contribution in [2.24, 2.45) is 5.73 Å². The van der Waals surface area contributed by atoms with Crippen LogP contribution in [0.15, 0.2) is 12.4 Å². The zero-order valence-electron chi connectivity index (χ0n) is 11.0. The molecule has 7 heteroatoms. The van der Waals surface area contributed by atoms with Gasteiger partial charge >= 0.3 is 0 Å². The molecule has 2 aliphatic heterocycles. The third-order valence-corrected chi connectivity index (χ3v) is 6.27. The van der Waals surface area contributed by atoms with Crippen molar-refractivity contribution in [2.75, 3.05) is 24.6 Å². The second kappa shape index (κ2) is 4.57. The van der Waals surface area contributed by atoms with Crippen LogP contribution in [-0.2, 0) is 22.9 Å². The van der Waals surface area contributed by atoms with Gasteiger partial charge in [-0.15, -0.1) is 0 Å². The van der Waals surface area contributed by atoms with Gasteiger partial charge in [0.1, 0.15) is 5.82 Å². The molecule has 0 spiro atoms. The molecule has 3 rings (SSSR count). The largest absolute Gasteiger partial charge is 0.333 e. The molecule has 2 N–H and O–H groups in total. The quantitative estimate of drug-likeness (QED) is 0.799. The fraction of sp³-hybridized carbons (Fsp3) is 0.750. The van der Waals surface area contributed by atoms with Crippen LogP contribution >= 0.6 is 0 Å². The summed E-state index contributed by atoms with van der Waals surface area (Å²) in [5.74, 6) is 1.50. The first-order chi connectivity index (χ1) is 9.05. The Kier molecular flexibility index (Phi) is 3.15. The fourth-order valence-corrected chi connectivity index (χ4v) is 5.28. The van der Waals surface area contributed by atoms with Crippen LogP contribution < -0.4 is 5.73 Å². The van der Waals surface area contributed by atoms with Crippen LogP contribution in [0, 0.1) is 0 Å². The lowest BCUT2D eigenvalue weighted by molar-refractivity contribution is 0.0690. The molecule has 2 aliphatic rings. The van der Waals surface area contributed by atoms with Crippen LogP contribution in [0.5, 0.6) is 0 Å². The fourth-order valence-electron chi connectivity index (χ4n) is 3.29. The monoisotopic (exact) mass is 284 g/mol. The molecule has 0 aliphatic carbocycles. The molecule has 0 radical (unpaired) electrons. The molecule has 1 fully saturated rings.